The summed E-state index contributed by atoms with van der Waals surface area (Å²) in [5.41, 5.74) is 0.940. The maximum Gasteiger partial charge on any atom is 0.354 e. The summed E-state index contributed by atoms with van der Waals surface area (Å²) in [6, 6.07) is 3.59. The molecule has 0 aliphatic carbocycles. The third kappa shape index (κ3) is 3.44. The van der Waals surface area contributed by atoms with E-state index in [2.05, 4.69) is 4.98 Å². The van der Waals surface area contributed by atoms with E-state index in [0.717, 1.165) is 30.8 Å². The Morgan fingerprint density at radius 2 is 2.53 bits per heavy atom. The number of carbonyl (C=O) groups is 1. The monoisotopic (exact) mass is 253 g/mol. The summed E-state index contributed by atoms with van der Waals surface area (Å²) < 4.78 is 5.52. The molecule has 0 spiro atoms. The molecule has 1 aromatic rings. The van der Waals surface area contributed by atoms with E-state index < -0.39 is 5.97 Å². The molecule has 4 nitrogen and oxygen atoms in total. The Hall–Kier alpha value is -1.07. The highest BCUT2D eigenvalue weighted by atomic mass is 32.2. The van der Waals surface area contributed by atoms with Gasteiger partial charge < -0.3 is 9.84 Å². The number of thioether (sulfide) groups is 1. The molecule has 2 rings (SSSR count). The van der Waals surface area contributed by atoms with Crippen LogP contribution in [0.4, 0.5) is 0 Å². The van der Waals surface area contributed by atoms with Gasteiger partial charge in [-0.05, 0) is 24.5 Å². The highest BCUT2D eigenvalue weighted by molar-refractivity contribution is 7.98. The molecule has 0 radical (unpaired) electrons. The molecule has 2 heterocycles. The van der Waals surface area contributed by atoms with E-state index in [4.69, 9.17) is 9.84 Å². The number of ether oxygens (including phenoxy) is 1. The van der Waals surface area contributed by atoms with Gasteiger partial charge in [-0.3, -0.25) is 0 Å². The van der Waals surface area contributed by atoms with E-state index in [9.17, 15) is 4.79 Å². The molecule has 92 valence electrons. The lowest BCUT2D eigenvalue weighted by Crippen LogP contribution is -2.09. The van der Waals surface area contributed by atoms with Gasteiger partial charge in [-0.15, -0.1) is 0 Å². The summed E-state index contributed by atoms with van der Waals surface area (Å²) >= 11 is 1.71. The van der Waals surface area contributed by atoms with Crippen LogP contribution >= 0.6 is 11.8 Å². The quantitative estimate of drug-likeness (QED) is 0.871. The van der Waals surface area contributed by atoms with Gasteiger partial charge in [-0.2, -0.15) is 11.8 Å². The normalized spacial score (nSPS) is 19.4. The molecule has 0 amide bonds. The van der Waals surface area contributed by atoms with E-state index >= 15 is 0 Å². The first-order valence-electron chi connectivity index (χ1n) is 5.64. The second-order valence-electron chi connectivity index (χ2n) is 3.97. The molecule has 1 unspecified atom stereocenters. The molecule has 1 aromatic heterocycles. The number of carboxylic acids is 1. The Balaban J connectivity index is 1.87. The van der Waals surface area contributed by atoms with Crippen LogP contribution in [0, 0.1) is 0 Å². The first-order chi connectivity index (χ1) is 8.27. The van der Waals surface area contributed by atoms with Crippen LogP contribution in [0.5, 0.6) is 0 Å². The third-order valence-electron chi connectivity index (χ3n) is 2.68. The summed E-state index contributed by atoms with van der Waals surface area (Å²) in [5, 5.41) is 8.98. The lowest BCUT2D eigenvalue weighted by molar-refractivity contribution is 0.0689. The zero-order valence-corrected chi connectivity index (χ0v) is 10.3. The Labute approximate surface area is 104 Å². The minimum absolute atomic E-state index is 0.160. The zero-order valence-electron chi connectivity index (χ0n) is 9.46. The van der Waals surface area contributed by atoms with Gasteiger partial charge in [-0.25, -0.2) is 9.78 Å². The third-order valence-corrected chi connectivity index (χ3v) is 3.80. The van der Waals surface area contributed by atoms with E-state index in [-0.39, 0.29) is 5.69 Å². The van der Waals surface area contributed by atoms with Crippen molar-refractivity contribution in [3.63, 3.8) is 0 Å². The maximum absolute atomic E-state index is 10.9. The van der Waals surface area contributed by atoms with Gasteiger partial charge in [0, 0.05) is 24.3 Å². The van der Waals surface area contributed by atoms with Gasteiger partial charge in [-0.1, -0.05) is 6.07 Å². The molecular weight excluding hydrogens is 238 g/mol. The maximum atomic E-state index is 10.9. The number of nitrogens with zero attached hydrogens (tertiary/aromatic N) is 1. The van der Waals surface area contributed by atoms with Crippen molar-refractivity contribution < 1.29 is 14.6 Å². The fourth-order valence-electron chi connectivity index (χ4n) is 1.82. The van der Waals surface area contributed by atoms with Crippen molar-refractivity contribution in [1.82, 2.24) is 4.98 Å². The fraction of sp³-hybridized carbons (Fsp3) is 0.500. The first-order valence-corrected chi connectivity index (χ1v) is 6.79. The topological polar surface area (TPSA) is 59.4 Å². The van der Waals surface area contributed by atoms with Crippen LogP contribution < -0.4 is 0 Å². The second-order valence-corrected chi connectivity index (χ2v) is 5.00. The first kappa shape index (κ1) is 12.4. The van der Waals surface area contributed by atoms with Crippen LogP contribution in [-0.4, -0.2) is 34.5 Å². The SMILES string of the molecule is O=C(O)c1ncccc1CSCC1CCCO1. The average Bonchev–Trinajstić information content (AvgIpc) is 2.82. The van der Waals surface area contributed by atoms with Crippen LogP contribution in [-0.2, 0) is 10.5 Å². The molecule has 1 fully saturated rings. The second kappa shape index (κ2) is 6.02. The molecule has 17 heavy (non-hydrogen) atoms. The Morgan fingerprint density at radius 3 is 3.24 bits per heavy atom. The van der Waals surface area contributed by atoms with Gasteiger partial charge in [0.2, 0.25) is 0 Å². The number of rotatable bonds is 5. The highest BCUT2D eigenvalue weighted by Gasteiger charge is 2.16. The van der Waals surface area contributed by atoms with Crippen molar-refractivity contribution in [2.24, 2.45) is 0 Å². The summed E-state index contributed by atoms with van der Waals surface area (Å²) in [7, 11) is 0. The Bertz CT molecular complexity index is 391. The number of pyridine rings is 1. The molecule has 0 aromatic carbocycles. The van der Waals surface area contributed by atoms with Gasteiger partial charge in [0.15, 0.2) is 5.69 Å². The van der Waals surface area contributed by atoms with Gasteiger partial charge >= 0.3 is 5.97 Å². The predicted octanol–water partition coefficient (Wildman–Crippen LogP) is 2.19. The van der Waals surface area contributed by atoms with Crippen LogP contribution in [0.3, 0.4) is 0 Å². The van der Waals surface area contributed by atoms with E-state index in [1.807, 2.05) is 6.07 Å². The Kier molecular flexibility index (Phi) is 4.39. The van der Waals surface area contributed by atoms with Crippen LogP contribution in [0.2, 0.25) is 0 Å². The van der Waals surface area contributed by atoms with Crippen molar-refractivity contribution in [1.29, 1.82) is 0 Å². The lowest BCUT2D eigenvalue weighted by Gasteiger charge is -2.09. The van der Waals surface area contributed by atoms with Gasteiger partial charge in [0.1, 0.15) is 0 Å². The van der Waals surface area contributed by atoms with Crippen LogP contribution in [0.15, 0.2) is 18.3 Å². The largest absolute Gasteiger partial charge is 0.477 e. The van der Waals surface area contributed by atoms with Crippen molar-refractivity contribution in [3.05, 3.63) is 29.6 Å². The minimum atomic E-state index is -0.960. The Morgan fingerprint density at radius 1 is 1.65 bits per heavy atom. The number of hydrogen-bond acceptors (Lipinski definition) is 4. The van der Waals surface area contributed by atoms with Crippen molar-refractivity contribution >= 4 is 17.7 Å². The molecule has 1 aliphatic heterocycles. The summed E-state index contributed by atoms with van der Waals surface area (Å²) in [4.78, 5) is 14.8. The zero-order chi connectivity index (χ0) is 12.1. The molecular formula is C12H15NO3S. The predicted molar refractivity (Wildman–Crippen MR) is 66.3 cm³/mol. The molecule has 0 bridgehead atoms. The number of hydrogen-bond donors (Lipinski definition) is 1. The van der Waals surface area contributed by atoms with Gasteiger partial charge in [0.25, 0.3) is 0 Å². The van der Waals surface area contributed by atoms with Crippen LogP contribution in [0.25, 0.3) is 0 Å². The number of aromatic nitrogens is 1. The standard InChI is InChI=1S/C12H15NO3S/c14-12(15)11-9(3-1-5-13-11)7-17-8-10-4-2-6-16-10/h1,3,5,10H,2,4,6-8H2,(H,14,15). The minimum Gasteiger partial charge on any atom is -0.477 e. The summed E-state index contributed by atoms with van der Waals surface area (Å²) in [5.74, 6) is 0.641. The summed E-state index contributed by atoms with van der Waals surface area (Å²) in [6.07, 6.45) is 4.10. The molecule has 1 aliphatic rings. The van der Waals surface area contributed by atoms with Crippen LogP contribution in [0.1, 0.15) is 28.9 Å². The van der Waals surface area contributed by atoms with Crippen molar-refractivity contribution in [2.45, 2.75) is 24.7 Å². The molecule has 1 atom stereocenters. The van der Waals surface area contributed by atoms with E-state index in [1.54, 1.807) is 17.8 Å². The van der Waals surface area contributed by atoms with Gasteiger partial charge in [0.05, 0.1) is 6.10 Å². The average molecular weight is 253 g/mol. The molecule has 0 saturated carbocycles. The number of carboxylic acid groups (broad SMARTS) is 1. The highest BCUT2D eigenvalue weighted by Crippen LogP contribution is 2.21. The van der Waals surface area contributed by atoms with Crippen molar-refractivity contribution in [3.8, 4) is 0 Å². The molecule has 1 N–H and O–H groups in total. The van der Waals surface area contributed by atoms with E-state index in [1.165, 1.54) is 6.20 Å². The van der Waals surface area contributed by atoms with E-state index in [0.29, 0.717) is 11.9 Å². The number of aromatic carboxylic acids is 1. The smallest absolute Gasteiger partial charge is 0.354 e. The molecule has 5 heteroatoms. The molecule has 1 saturated heterocycles. The summed E-state index contributed by atoms with van der Waals surface area (Å²) in [6.45, 7) is 0.860. The van der Waals surface area contributed by atoms with Crippen molar-refractivity contribution in [2.75, 3.05) is 12.4 Å². The fourth-order valence-corrected chi connectivity index (χ4v) is 2.92. The lowest BCUT2D eigenvalue weighted by atomic mass is 10.2.